The molecular formula is C13H12BrIN2O6. The first-order valence-electron chi connectivity index (χ1n) is 6.62. The van der Waals surface area contributed by atoms with Crippen LogP contribution < -0.4 is 0 Å². The maximum absolute atomic E-state index is 11.0. The lowest BCUT2D eigenvalue weighted by Gasteiger charge is -2.36. The van der Waals surface area contributed by atoms with Gasteiger partial charge < -0.3 is 24.6 Å². The molecular weight excluding hydrogens is 487 g/mol. The van der Waals surface area contributed by atoms with Crippen LogP contribution in [-0.2, 0) is 4.74 Å². The third-order valence-corrected chi connectivity index (χ3v) is 6.41. The predicted molar refractivity (Wildman–Crippen MR) is 92.0 cm³/mol. The Kier molecular flexibility index (Phi) is 4.64. The molecule has 0 bridgehead atoms. The maximum atomic E-state index is 11.0. The van der Waals surface area contributed by atoms with Crippen LogP contribution in [0.15, 0.2) is 22.7 Å². The molecule has 10 heteroatoms. The number of benzene rings is 1. The Morgan fingerprint density at radius 3 is 2.70 bits per heavy atom. The quantitative estimate of drug-likeness (QED) is 0.328. The fraction of sp³-hybridized carbons (Fsp3) is 0.385. The molecule has 1 aliphatic heterocycles. The van der Waals surface area contributed by atoms with E-state index >= 15 is 0 Å². The second-order valence-corrected chi connectivity index (χ2v) is 7.02. The Labute approximate surface area is 152 Å². The standard InChI is InChI=1S/C13H12BrIN2O6/c14-9-6-2-1-5(17(21)22)3-7(6)16(12(9)15)13-11(20)10(19)8(18)4-23-13/h1-3,8,10-11,13,18-20H,4H2/t8-,10-,11+,13+/m0/s1. The van der Waals surface area contributed by atoms with Crippen molar-refractivity contribution < 1.29 is 25.0 Å². The van der Waals surface area contributed by atoms with Gasteiger partial charge in [0, 0.05) is 17.5 Å². The first kappa shape index (κ1) is 17.0. The van der Waals surface area contributed by atoms with Crippen molar-refractivity contribution in [1.29, 1.82) is 0 Å². The Bertz CT molecular complexity index is 781. The van der Waals surface area contributed by atoms with Crippen molar-refractivity contribution in [2.75, 3.05) is 6.61 Å². The number of nitrogens with zero attached hydrogens (tertiary/aromatic N) is 2. The molecule has 23 heavy (non-hydrogen) atoms. The number of aliphatic hydroxyl groups is 3. The second kappa shape index (κ2) is 6.26. The number of hydrogen-bond donors (Lipinski definition) is 3. The highest BCUT2D eigenvalue weighted by atomic mass is 127. The van der Waals surface area contributed by atoms with Crippen LogP contribution in [0.25, 0.3) is 10.9 Å². The van der Waals surface area contributed by atoms with Gasteiger partial charge >= 0.3 is 0 Å². The van der Waals surface area contributed by atoms with Crippen molar-refractivity contribution in [3.05, 3.63) is 36.5 Å². The number of non-ortho nitro benzene ring substituents is 1. The molecule has 0 aliphatic carbocycles. The van der Waals surface area contributed by atoms with Gasteiger partial charge in [0.15, 0.2) is 6.23 Å². The molecule has 1 aromatic carbocycles. The Morgan fingerprint density at radius 2 is 2.04 bits per heavy atom. The van der Waals surface area contributed by atoms with Crippen LogP contribution in [0, 0.1) is 13.8 Å². The first-order chi connectivity index (χ1) is 10.8. The van der Waals surface area contributed by atoms with Gasteiger partial charge in [-0.05, 0) is 44.6 Å². The lowest BCUT2D eigenvalue weighted by atomic mass is 10.0. The largest absolute Gasteiger partial charge is 0.388 e. The van der Waals surface area contributed by atoms with E-state index in [-0.39, 0.29) is 12.3 Å². The van der Waals surface area contributed by atoms with E-state index < -0.39 is 29.5 Å². The molecule has 4 atom stereocenters. The molecule has 0 spiro atoms. The zero-order valence-electron chi connectivity index (χ0n) is 11.5. The number of ether oxygens (including phenoxy) is 1. The van der Waals surface area contributed by atoms with Crippen molar-refractivity contribution in [2.45, 2.75) is 24.5 Å². The van der Waals surface area contributed by atoms with E-state index in [2.05, 4.69) is 15.9 Å². The molecule has 0 unspecified atom stereocenters. The monoisotopic (exact) mass is 498 g/mol. The molecule has 3 rings (SSSR count). The second-order valence-electron chi connectivity index (χ2n) is 5.21. The molecule has 8 nitrogen and oxygen atoms in total. The minimum absolute atomic E-state index is 0.0916. The van der Waals surface area contributed by atoms with Gasteiger partial charge in [0.25, 0.3) is 5.69 Å². The summed E-state index contributed by atoms with van der Waals surface area (Å²) in [4.78, 5) is 10.5. The van der Waals surface area contributed by atoms with E-state index in [1.807, 2.05) is 22.6 Å². The van der Waals surface area contributed by atoms with Gasteiger partial charge in [-0.3, -0.25) is 10.1 Å². The van der Waals surface area contributed by atoms with Crippen molar-refractivity contribution in [3.63, 3.8) is 0 Å². The molecule has 1 aromatic heterocycles. The Balaban J connectivity index is 2.18. The van der Waals surface area contributed by atoms with Crippen LogP contribution in [0.5, 0.6) is 0 Å². The minimum atomic E-state index is -1.37. The number of rotatable bonds is 2. The molecule has 0 saturated carbocycles. The smallest absolute Gasteiger partial charge is 0.271 e. The zero-order chi connectivity index (χ0) is 16.9. The van der Waals surface area contributed by atoms with Crippen molar-refractivity contribution in [2.24, 2.45) is 0 Å². The molecule has 1 saturated heterocycles. The summed E-state index contributed by atoms with van der Waals surface area (Å²) in [6.45, 7) is -0.148. The van der Waals surface area contributed by atoms with Crippen molar-refractivity contribution in [1.82, 2.24) is 4.57 Å². The molecule has 2 aromatic rings. The van der Waals surface area contributed by atoms with Crippen LogP contribution in [0.4, 0.5) is 5.69 Å². The Hall–Kier alpha value is -0.790. The topological polar surface area (TPSA) is 118 Å². The highest BCUT2D eigenvalue weighted by Gasteiger charge is 2.40. The maximum Gasteiger partial charge on any atom is 0.271 e. The number of aromatic nitrogens is 1. The van der Waals surface area contributed by atoms with E-state index in [0.29, 0.717) is 13.7 Å². The number of nitro groups is 1. The summed E-state index contributed by atoms with van der Waals surface area (Å²) >= 11 is 5.45. The molecule has 0 radical (unpaired) electrons. The van der Waals surface area contributed by atoms with Gasteiger partial charge in [-0.2, -0.15) is 0 Å². The van der Waals surface area contributed by atoms with Gasteiger partial charge in [-0.25, -0.2) is 0 Å². The van der Waals surface area contributed by atoms with Crippen LogP contribution in [0.3, 0.4) is 0 Å². The number of hydrogen-bond acceptors (Lipinski definition) is 6. The lowest BCUT2D eigenvalue weighted by Crippen LogP contribution is -2.50. The van der Waals surface area contributed by atoms with E-state index in [9.17, 15) is 25.4 Å². The predicted octanol–water partition coefficient (Wildman–Crippen LogP) is 1.53. The molecule has 1 fully saturated rings. The van der Waals surface area contributed by atoms with Gasteiger partial charge in [-0.15, -0.1) is 0 Å². The van der Waals surface area contributed by atoms with Gasteiger partial charge in [0.1, 0.15) is 18.3 Å². The third kappa shape index (κ3) is 2.76. The summed E-state index contributed by atoms with van der Waals surface area (Å²) < 4.78 is 8.41. The average Bonchev–Trinajstić information content (AvgIpc) is 2.77. The van der Waals surface area contributed by atoms with Gasteiger partial charge in [-0.1, -0.05) is 0 Å². The molecule has 124 valence electrons. The van der Waals surface area contributed by atoms with Crippen molar-refractivity contribution in [3.8, 4) is 0 Å². The molecule has 3 N–H and O–H groups in total. The number of fused-ring (bicyclic) bond motifs is 1. The summed E-state index contributed by atoms with van der Waals surface area (Å²) in [5.41, 5.74) is 0.397. The van der Waals surface area contributed by atoms with E-state index in [0.717, 1.165) is 5.39 Å². The van der Waals surface area contributed by atoms with Crippen LogP contribution >= 0.6 is 38.5 Å². The number of halogens is 2. The minimum Gasteiger partial charge on any atom is -0.388 e. The van der Waals surface area contributed by atoms with Gasteiger partial charge in [0.2, 0.25) is 0 Å². The molecule has 1 aliphatic rings. The van der Waals surface area contributed by atoms with Crippen molar-refractivity contribution >= 4 is 55.1 Å². The van der Waals surface area contributed by atoms with Gasteiger partial charge in [0.05, 0.1) is 25.2 Å². The zero-order valence-corrected chi connectivity index (χ0v) is 15.2. The molecule has 0 amide bonds. The number of aliphatic hydroxyl groups excluding tert-OH is 3. The number of nitro benzene ring substituents is 1. The summed E-state index contributed by atoms with van der Waals surface area (Å²) in [7, 11) is 0. The summed E-state index contributed by atoms with van der Waals surface area (Å²) in [6.07, 6.45) is -4.87. The fourth-order valence-electron chi connectivity index (χ4n) is 2.61. The highest BCUT2D eigenvalue weighted by molar-refractivity contribution is 14.1. The first-order valence-corrected chi connectivity index (χ1v) is 8.49. The van der Waals surface area contributed by atoms with Crippen LogP contribution in [0.1, 0.15) is 6.23 Å². The lowest BCUT2D eigenvalue weighted by molar-refractivity contribution is -0.384. The summed E-state index contributed by atoms with van der Waals surface area (Å²) in [5.74, 6) is 0. The highest BCUT2D eigenvalue weighted by Crippen LogP contribution is 2.38. The summed E-state index contributed by atoms with van der Waals surface area (Å²) in [5, 5.41) is 41.4. The summed E-state index contributed by atoms with van der Waals surface area (Å²) in [6, 6.07) is 4.39. The fourth-order valence-corrected chi connectivity index (χ4v) is 3.96. The third-order valence-electron chi connectivity index (χ3n) is 3.81. The van der Waals surface area contributed by atoms with Crippen LogP contribution in [0.2, 0.25) is 0 Å². The van der Waals surface area contributed by atoms with E-state index in [1.54, 1.807) is 10.6 Å². The van der Waals surface area contributed by atoms with Crippen LogP contribution in [-0.4, -0.2) is 49.7 Å². The molecule has 2 heterocycles. The SMILES string of the molecule is O=[N+]([O-])c1ccc2c(Br)c(I)n([C@@H]3OC[C@H](O)[C@H](O)[C@H]3O)c2c1. The average molecular weight is 499 g/mol. The van der Waals surface area contributed by atoms with E-state index in [1.165, 1.54) is 12.1 Å². The normalized spacial score (nSPS) is 28.2. The van der Waals surface area contributed by atoms with E-state index in [4.69, 9.17) is 4.74 Å². The Morgan fingerprint density at radius 1 is 1.35 bits per heavy atom.